The molecule has 1 unspecified atom stereocenters. The van der Waals surface area contributed by atoms with E-state index in [1.807, 2.05) is 0 Å². The standard InChI is InChI=1S/C16H33NO/c1-6-14(7-2)17-12-13(3)18-15-8-10-16(4,5)11-9-15/h13-15,17H,6-12H2,1-5H3. The third kappa shape index (κ3) is 5.71. The van der Waals surface area contributed by atoms with Gasteiger partial charge in [-0.2, -0.15) is 0 Å². The molecule has 2 heteroatoms. The van der Waals surface area contributed by atoms with Crippen LogP contribution in [0.4, 0.5) is 0 Å². The van der Waals surface area contributed by atoms with Crippen LogP contribution in [0, 0.1) is 5.41 Å². The van der Waals surface area contributed by atoms with Crippen molar-refractivity contribution >= 4 is 0 Å². The molecule has 0 aromatic carbocycles. The van der Waals surface area contributed by atoms with Gasteiger partial charge >= 0.3 is 0 Å². The van der Waals surface area contributed by atoms with Crippen LogP contribution >= 0.6 is 0 Å². The average molecular weight is 255 g/mol. The molecule has 0 bridgehead atoms. The van der Waals surface area contributed by atoms with Crippen LogP contribution in [0.3, 0.4) is 0 Å². The minimum atomic E-state index is 0.344. The second-order valence-electron chi connectivity index (χ2n) is 6.73. The molecule has 1 aliphatic rings. The molecule has 108 valence electrons. The van der Waals surface area contributed by atoms with E-state index in [1.54, 1.807) is 0 Å². The Morgan fingerprint density at radius 1 is 1.17 bits per heavy atom. The third-order valence-corrected chi connectivity index (χ3v) is 4.39. The minimum absolute atomic E-state index is 0.344. The Balaban J connectivity index is 2.18. The number of ether oxygens (including phenoxy) is 1. The Bertz CT molecular complexity index is 213. The van der Waals surface area contributed by atoms with E-state index >= 15 is 0 Å². The van der Waals surface area contributed by atoms with Crippen LogP contribution in [0.2, 0.25) is 0 Å². The molecule has 0 spiro atoms. The van der Waals surface area contributed by atoms with Crippen LogP contribution in [0.25, 0.3) is 0 Å². The van der Waals surface area contributed by atoms with Crippen LogP contribution in [-0.2, 0) is 4.74 Å². The maximum atomic E-state index is 6.16. The van der Waals surface area contributed by atoms with Gasteiger partial charge in [0.25, 0.3) is 0 Å². The van der Waals surface area contributed by atoms with Gasteiger partial charge in [-0.1, -0.05) is 27.7 Å². The van der Waals surface area contributed by atoms with Crippen molar-refractivity contribution < 1.29 is 4.74 Å². The van der Waals surface area contributed by atoms with Crippen molar-refractivity contribution in [2.24, 2.45) is 5.41 Å². The summed E-state index contributed by atoms with van der Waals surface area (Å²) in [6.45, 7) is 12.4. The van der Waals surface area contributed by atoms with E-state index in [9.17, 15) is 0 Å². The number of hydrogen-bond acceptors (Lipinski definition) is 2. The second-order valence-corrected chi connectivity index (χ2v) is 6.73. The van der Waals surface area contributed by atoms with Gasteiger partial charge in [-0.3, -0.25) is 0 Å². The summed E-state index contributed by atoms with van der Waals surface area (Å²) in [5.41, 5.74) is 0.539. The van der Waals surface area contributed by atoms with E-state index < -0.39 is 0 Å². The number of hydrogen-bond donors (Lipinski definition) is 1. The largest absolute Gasteiger partial charge is 0.374 e. The third-order valence-electron chi connectivity index (χ3n) is 4.39. The molecule has 1 saturated carbocycles. The first-order valence-electron chi connectivity index (χ1n) is 7.85. The highest BCUT2D eigenvalue weighted by Gasteiger charge is 2.28. The molecule has 1 fully saturated rings. The Labute approximate surface area is 114 Å². The predicted molar refractivity (Wildman–Crippen MR) is 79.0 cm³/mol. The molecule has 0 aromatic rings. The molecule has 18 heavy (non-hydrogen) atoms. The lowest BCUT2D eigenvalue weighted by molar-refractivity contribution is -0.0373. The lowest BCUT2D eigenvalue weighted by Crippen LogP contribution is -2.37. The van der Waals surface area contributed by atoms with Crippen molar-refractivity contribution in [1.82, 2.24) is 5.32 Å². The lowest BCUT2D eigenvalue weighted by atomic mass is 9.76. The first-order valence-corrected chi connectivity index (χ1v) is 7.85. The van der Waals surface area contributed by atoms with Gasteiger partial charge in [-0.05, 0) is 50.9 Å². The van der Waals surface area contributed by atoms with Gasteiger partial charge in [0, 0.05) is 12.6 Å². The van der Waals surface area contributed by atoms with E-state index in [-0.39, 0.29) is 0 Å². The summed E-state index contributed by atoms with van der Waals surface area (Å²) in [6, 6.07) is 0.654. The molecule has 0 amide bonds. The quantitative estimate of drug-likeness (QED) is 0.738. The number of rotatable bonds is 7. The molecular weight excluding hydrogens is 222 g/mol. The maximum Gasteiger partial charge on any atom is 0.0675 e. The van der Waals surface area contributed by atoms with Gasteiger partial charge in [-0.15, -0.1) is 0 Å². The molecule has 0 radical (unpaired) electrons. The molecule has 1 N–H and O–H groups in total. The van der Waals surface area contributed by atoms with E-state index in [0.29, 0.717) is 23.7 Å². The molecule has 0 aromatic heterocycles. The zero-order valence-electron chi connectivity index (χ0n) is 13.1. The van der Waals surface area contributed by atoms with Crippen LogP contribution in [0.15, 0.2) is 0 Å². The van der Waals surface area contributed by atoms with E-state index in [4.69, 9.17) is 4.74 Å². The van der Waals surface area contributed by atoms with Crippen molar-refractivity contribution in [2.75, 3.05) is 6.54 Å². The fraction of sp³-hybridized carbons (Fsp3) is 1.00. The van der Waals surface area contributed by atoms with E-state index in [2.05, 4.69) is 39.9 Å². The predicted octanol–water partition coefficient (Wildman–Crippen LogP) is 4.14. The van der Waals surface area contributed by atoms with Crippen molar-refractivity contribution in [2.45, 2.75) is 91.4 Å². The van der Waals surface area contributed by atoms with E-state index in [0.717, 1.165) is 6.54 Å². The summed E-state index contributed by atoms with van der Waals surface area (Å²) < 4.78 is 6.16. The monoisotopic (exact) mass is 255 g/mol. The van der Waals surface area contributed by atoms with Crippen LogP contribution in [0.5, 0.6) is 0 Å². The van der Waals surface area contributed by atoms with Gasteiger partial charge in [-0.25, -0.2) is 0 Å². The van der Waals surface area contributed by atoms with Crippen molar-refractivity contribution in [3.63, 3.8) is 0 Å². The van der Waals surface area contributed by atoms with Crippen molar-refractivity contribution in [1.29, 1.82) is 0 Å². The fourth-order valence-electron chi connectivity index (χ4n) is 2.80. The van der Waals surface area contributed by atoms with Gasteiger partial charge in [0.1, 0.15) is 0 Å². The highest BCUT2D eigenvalue weighted by molar-refractivity contribution is 4.79. The summed E-state index contributed by atoms with van der Waals surface area (Å²) in [6.07, 6.45) is 8.36. The fourth-order valence-corrected chi connectivity index (χ4v) is 2.80. The zero-order chi connectivity index (χ0) is 13.6. The molecule has 0 saturated heterocycles. The minimum Gasteiger partial charge on any atom is -0.374 e. The zero-order valence-corrected chi connectivity index (χ0v) is 13.1. The maximum absolute atomic E-state index is 6.16. The highest BCUT2D eigenvalue weighted by Crippen LogP contribution is 2.36. The van der Waals surface area contributed by atoms with Gasteiger partial charge in [0.2, 0.25) is 0 Å². The first-order chi connectivity index (χ1) is 8.46. The lowest BCUT2D eigenvalue weighted by Gasteiger charge is -2.35. The summed E-state index contributed by atoms with van der Waals surface area (Å²) in [5.74, 6) is 0. The molecule has 2 nitrogen and oxygen atoms in total. The molecular formula is C16H33NO. The molecule has 0 aliphatic heterocycles. The Morgan fingerprint density at radius 3 is 2.22 bits per heavy atom. The Kier molecular flexibility index (Phi) is 6.65. The Morgan fingerprint density at radius 2 is 1.72 bits per heavy atom. The number of nitrogens with one attached hydrogen (secondary N) is 1. The Hall–Kier alpha value is -0.0800. The van der Waals surface area contributed by atoms with E-state index in [1.165, 1.54) is 38.5 Å². The highest BCUT2D eigenvalue weighted by atomic mass is 16.5. The second kappa shape index (κ2) is 7.49. The van der Waals surface area contributed by atoms with Crippen LogP contribution in [0.1, 0.15) is 73.1 Å². The van der Waals surface area contributed by atoms with Crippen molar-refractivity contribution in [3.05, 3.63) is 0 Å². The summed E-state index contributed by atoms with van der Waals surface area (Å²) in [4.78, 5) is 0. The summed E-state index contributed by atoms with van der Waals surface area (Å²) in [5, 5.41) is 3.60. The average Bonchev–Trinajstić information content (AvgIpc) is 2.33. The summed E-state index contributed by atoms with van der Waals surface area (Å²) >= 11 is 0. The van der Waals surface area contributed by atoms with Crippen LogP contribution < -0.4 is 5.32 Å². The SMILES string of the molecule is CCC(CC)NCC(C)OC1CCC(C)(C)CC1. The van der Waals surface area contributed by atoms with Crippen molar-refractivity contribution in [3.8, 4) is 0 Å². The van der Waals surface area contributed by atoms with Gasteiger partial charge < -0.3 is 10.1 Å². The molecule has 1 rings (SSSR count). The van der Waals surface area contributed by atoms with Crippen LogP contribution in [-0.4, -0.2) is 24.8 Å². The molecule has 1 atom stereocenters. The molecule has 0 heterocycles. The smallest absolute Gasteiger partial charge is 0.0675 e. The van der Waals surface area contributed by atoms with Gasteiger partial charge in [0.15, 0.2) is 0 Å². The normalized spacial score (nSPS) is 22.3. The molecule has 1 aliphatic carbocycles. The first kappa shape index (κ1) is 16.0. The van der Waals surface area contributed by atoms with Gasteiger partial charge in [0.05, 0.1) is 12.2 Å². The summed E-state index contributed by atoms with van der Waals surface area (Å²) in [7, 11) is 0. The topological polar surface area (TPSA) is 21.3 Å².